The Labute approximate surface area is 174 Å². The van der Waals surface area contributed by atoms with Gasteiger partial charge < -0.3 is 23.8 Å². The van der Waals surface area contributed by atoms with Crippen LogP contribution in [-0.2, 0) is 28.6 Å². The first-order chi connectivity index (χ1) is 14.5. The molecule has 0 amide bonds. The van der Waals surface area contributed by atoms with E-state index >= 15 is 0 Å². The van der Waals surface area contributed by atoms with Crippen molar-refractivity contribution < 1.29 is 33.3 Å². The molecule has 2 heterocycles. The molecule has 0 saturated carbocycles. The largest absolute Gasteiger partial charge is 0.497 e. The lowest BCUT2D eigenvalue weighted by Gasteiger charge is -2.45. The number of fused-ring (bicyclic) bond motifs is 4. The molecular weight excluding hydrogens is 390 g/mol. The van der Waals surface area contributed by atoms with Crippen LogP contribution in [0.1, 0.15) is 44.0 Å². The Kier molecular flexibility index (Phi) is 5.11. The minimum Gasteiger partial charge on any atom is -0.497 e. The summed E-state index contributed by atoms with van der Waals surface area (Å²) in [5, 5.41) is 0. The fourth-order valence-electron chi connectivity index (χ4n) is 4.17. The van der Waals surface area contributed by atoms with Crippen LogP contribution in [0.2, 0.25) is 0 Å². The lowest BCUT2D eigenvalue weighted by atomic mass is 9.87. The molecule has 3 aliphatic rings. The van der Waals surface area contributed by atoms with E-state index in [1.807, 2.05) is 18.2 Å². The summed E-state index contributed by atoms with van der Waals surface area (Å²) in [5.74, 6) is -1.52. The Morgan fingerprint density at radius 1 is 1.17 bits per heavy atom. The number of carbonyl (C=O) groups excluding carboxylic acids is 3. The van der Waals surface area contributed by atoms with Gasteiger partial charge in [0.25, 0.3) is 5.60 Å². The second-order valence-electron chi connectivity index (χ2n) is 7.06. The topological polar surface area (TPSA) is 91.4 Å². The number of esters is 2. The number of ketones is 1. The molecule has 0 aromatic heterocycles. The third kappa shape index (κ3) is 2.82. The Morgan fingerprint density at radius 3 is 2.50 bits per heavy atom. The molecule has 1 aliphatic carbocycles. The van der Waals surface area contributed by atoms with E-state index in [0.29, 0.717) is 17.9 Å². The highest BCUT2D eigenvalue weighted by molar-refractivity contribution is 6.18. The van der Waals surface area contributed by atoms with Crippen LogP contribution in [0.25, 0.3) is 6.08 Å². The van der Waals surface area contributed by atoms with Crippen LogP contribution in [0.5, 0.6) is 5.75 Å². The van der Waals surface area contributed by atoms with E-state index in [-0.39, 0.29) is 31.0 Å². The summed E-state index contributed by atoms with van der Waals surface area (Å²) >= 11 is 0. The lowest BCUT2D eigenvalue weighted by Crippen LogP contribution is -2.58. The summed E-state index contributed by atoms with van der Waals surface area (Å²) in [6.45, 7) is 3.32. The molecule has 158 valence electrons. The van der Waals surface area contributed by atoms with Crippen LogP contribution in [0.4, 0.5) is 0 Å². The maximum absolute atomic E-state index is 13.1. The molecule has 8 heteroatoms. The van der Waals surface area contributed by atoms with Crippen molar-refractivity contribution in [3.63, 3.8) is 0 Å². The summed E-state index contributed by atoms with van der Waals surface area (Å²) in [6, 6.07) is 5.44. The van der Waals surface area contributed by atoms with Gasteiger partial charge in [0.15, 0.2) is 12.0 Å². The molecule has 0 N–H and O–H groups in total. The first kappa shape index (κ1) is 20.2. The monoisotopic (exact) mass is 413 g/mol. The third-order valence-corrected chi connectivity index (χ3v) is 5.46. The molecule has 0 fully saturated rings. The van der Waals surface area contributed by atoms with Gasteiger partial charge in [-0.3, -0.25) is 4.79 Å². The number of benzene rings is 1. The van der Waals surface area contributed by atoms with Crippen LogP contribution in [0.3, 0.4) is 0 Å². The standard InChI is InChI=1S/C22H23NO7/c1-4-28-20(25)22(21(26)29-5-2)18-16(8-9-17(18)24)23-11-10-13-12-14(27-3)6-7-15(13)19(23)30-22/h6-7,10-12,19H,4-5,8-9H2,1-3H3/t19-/m1/s1. The molecular formula is C22H23NO7. The van der Waals surface area contributed by atoms with E-state index in [9.17, 15) is 14.4 Å². The van der Waals surface area contributed by atoms with E-state index in [1.54, 1.807) is 38.1 Å². The number of allylic oxidation sites excluding steroid dienone is 1. The van der Waals surface area contributed by atoms with Crippen LogP contribution in [-0.4, -0.2) is 48.5 Å². The van der Waals surface area contributed by atoms with Crippen molar-refractivity contribution in [2.24, 2.45) is 0 Å². The van der Waals surface area contributed by atoms with Gasteiger partial charge in [-0.05, 0) is 44.0 Å². The number of hydrogen-bond acceptors (Lipinski definition) is 8. The minimum absolute atomic E-state index is 0.0114. The predicted molar refractivity (Wildman–Crippen MR) is 105 cm³/mol. The van der Waals surface area contributed by atoms with Gasteiger partial charge in [-0.25, -0.2) is 9.59 Å². The SMILES string of the molecule is CCOC(=O)C1(C(=O)OCC)O[C@@H]2c3ccc(OC)cc3C=CN2C2=C1C(=O)CC2. The zero-order valence-electron chi connectivity index (χ0n) is 17.1. The zero-order valence-corrected chi connectivity index (χ0v) is 17.1. The van der Waals surface area contributed by atoms with Crippen LogP contribution in [0, 0.1) is 0 Å². The molecule has 30 heavy (non-hydrogen) atoms. The van der Waals surface area contributed by atoms with E-state index < -0.39 is 23.8 Å². The van der Waals surface area contributed by atoms with E-state index in [0.717, 1.165) is 11.1 Å². The molecule has 8 nitrogen and oxygen atoms in total. The van der Waals surface area contributed by atoms with Gasteiger partial charge in [-0.15, -0.1) is 0 Å². The molecule has 0 radical (unpaired) electrons. The maximum Gasteiger partial charge on any atom is 0.355 e. The van der Waals surface area contributed by atoms with Gasteiger partial charge in [0.1, 0.15) is 5.75 Å². The van der Waals surface area contributed by atoms with Crippen molar-refractivity contribution in [1.29, 1.82) is 0 Å². The van der Waals surface area contributed by atoms with E-state index in [2.05, 4.69) is 0 Å². The Balaban J connectivity index is 1.92. The zero-order chi connectivity index (χ0) is 21.5. The second kappa shape index (κ2) is 7.60. The van der Waals surface area contributed by atoms with Crippen molar-refractivity contribution in [2.75, 3.05) is 20.3 Å². The number of rotatable bonds is 5. The molecule has 0 saturated heterocycles. The molecule has 1 aromatic rings. The lowest BCUT2D eigenvalue weighted by molar-refractivity contribution is -0.205. The molecule has 0 unspecified atom stereocenters. The molecule has 0 spiro atoms. The predicted octanol–water partition coefficient (Wildman–Crippen LogP) is 2.49. The van der Waals surface area contributed by atoms with Crippen molar-refractivity contribution in [2.45, 2.75) is 38.5 Å². The van der Waals surface area contributed by atoms with E-state index in [4.69, 9.17) is 18.9 Å². The van der Waals surface area contributed by atoms with Gasteiger partial charge in [0.2, 0.25) is 0 Å². The Hall–Kier alpha value is -3.13. The summed E-state index contributed by atoms with van der Waals surface area (Å²) < 4.78 is 21.9. The summed E-state index contributed by atoms with van der Waals surface area (Å²) in [5.41, 5.74) is -0.0986. The number of ether oxygens (including phenoxy) is 4. The van der Waals surface area contributed by atoms with Crippen molar-refractivity contribution in [3.8, 4) is 5.75 Å². The van der Waals surface area contributed by atoms with Gasteiger partial charge in [-0.2, -0.15) is 0 Å². The number of nitrogens with zero attached hydrogens (tertiary/aromatic N) is 1. The highest BCUT2D eigenvalue weighted by Gasteiger charge is 2.63. The number of hydrogen-bond donors (Lipinski definition) is 0. The Morgan fingerprint density at radius 2 is 1.87 bits per heavy atom. The smallest absolute Gasteiger partial charge is 0.355 e. The number of carbonyl (C=O) groups is 3. The van der Waals surface area contributed by atoms with Crippen LogP contribution < -0.4 is 4.74 Å². The average molecular weight is 413 g/mol. The fraction of sp³-hybridized carbons (Fsp3) is 0.409. The van der Waals surface area contributed by atoms with Gasteiger partial charge in [-0.1, -0.05) is 6.07 Å². The molecule has 0 bridgehead atoms. The normalized spacial score (nSPS) is 21.0. The fourth-order valence-corrected chi connectivity index (χ4v) is 4.17. The first-order valence-corrected chi connectivity index (χ1v) is 9.91. The van der Waals surface area contributed by atoms with Crippen molar-refractivity contribution in [1.82, 2.24) is 4.90 Å². The molecule has 1 aromatic carbocycles. The average Bonchev–Trinajstić information content (AvgIpc) is 3.15. The highest BCUT2D eigenvalue weighted by Crippen LogP contribution is 2.50. The van der Waals surface area contributed by atoms with Gasteiger partial charge in [0.05, 0.1) is 25.9 Å². The summed E-state index contributed by atoms with van der Waals surface area (Å²) in [6.07, 6.45) is 3.45. The molecule has 2 aliphatic heterocycles. The number of methoxy groups -OCH3 is 1. The maximum atomic E-state index is 13.1. The molecule has 1 atom stereocenters. The van der Waals surface area contributed by atoms with Gasteiger partial charge in [0, 0.05) is 23.9 Å². The summed E-state index contributed by atoms with van der Waals surface area (Å²) in [4.78, 5) is 40.9. The quantitative estimate of drug-likeness (QED) is 0.537. The van der Waals surface area contributed by atoms with Crippen molar-refractivity contribution in [3.05, 3.63) is 46.8 Å². The molecule has 4 rings (SSSR count). The Bertz CT molecular complexity index is 960. The van der Waals surface area contributed by atoms with Crippen molar-refractivity contribution >= 4 is 23.8 Å². The summed E-state index contributed by atoms with van der Waals surface area (Å²) in [7, 11) is 1.57. The van der Waals surface area contributed by atoms with Gasteiger partial charge >= 0.3 is 11.9 Å². The van der Waals surface area contributed by atoms with E-state index in [1.165, 1.54) is 0 Å². The first-order valence-electron chi connectivity index (χ1n) is 9.91. The van der Waals surface area contributed by atoms with Crippen LogP contribution >= 0.6 is 0 Å². The number of Topliss-reactive ketones (excluding diaryl/α,β-unsaturated/α-hetero) is 1. The minimum atomic E-state index is -2.25. The third-order valence-electron chi connectivity index (χ3n) is 5.46. The van der Waals surface area contributed by atoms with Crippen LogP contribution in [0.15, 0.2) is 35.7 Å². The highest BCUT2D eigenvalue weighted by atomic mass is 16.6. The second-order valence-corrected chi connectivity index (χ2v) is 7.06.